The Morgan fingerprint density at radius 1 is 1.15 bits per heavy atom. The Bertz CT molecular complexity index is 1620. The van der Waals surface area contributed by atoms with Crippen molar-refractivity contribution in [1.29, 1.82) is 0 Å². The number of amides is 2. The van der Waals surface area contributed by atoms with Crippen molar-refractivity contribution in [2.45, 2.75) is 32.6 Å². The Balaban J connectivity index is 1.36. The lowest BCUT2D eigenvalue weighted by Gasteiger charge is -2.14. The summed E-state index contributed by atoms with van der Waals surface area (Å²) < 4.78 is 1.97. The van der Waals surface area contributed by atoms with Gasteiger partial charge in [-0.2, -0.15) is 0 Å². The van der Waals surface area contributed by atoms with Crippen LogP contribution in [0.5, 0.6) is 0 Å². The summed E-state index contributed by atoms with van der Waals surface area (Å²) in [6.07, 6.45) is 2.57. The molecular weight excluding hydrogens is 488 g/mol. The van der Waals surface area contributed by atoms with Gasteiger partial charge in [0, 0.05) is 43.2 Å². The molecule has 0 aliphatic carbocycles. The van der Waals surface area contributed by atoms with Crippen molar-refractivity contribution in [1.82, 2.24) is 19.9 Å². The van der Waals surface area contributed by atoms with Gasteiger partial charge in [-0.05, 0) is 47.4 Å². The number of nitrogens with zero attached hydrogens (tertiary/aromatic N) is 3. The standard InChI is InChI=1S/C31H30N6O2/c1-19(2)22-9-11-24(12-10-22)35-28(38)16-21-6-4-5-20(15-21)7-8-23-18-34-31(32)36-29(23)27-17-25-26(37(27)3)13-14-33-30(25)39/h4-6,9-12,15,17-19H,13-14,16H2,1-3H3,(H,33,39)(H,35,38)(H2,32,34,36). The molecule has 0 spiro atoms. The smallest absolute Gasteiger partial charge is 0.253 e. The second-order valence-electron chi connectivity index (χ2n) is 9.90. The molecule has 3 heterocycles. The fourth-order valence-electron chi connectivity index (χ4n) is 4.68. The van der Waals surface area contributed by atoms with Crippen LogP contribution in [0.4, 0.5) is 11.6 Å². The van der Waals surface area contributed by atoms with E-state index in [9.17, 15) is 9.59 Å². The topological polar surface area (TPSA) is 115 Å². The van der Waals surface area contributed by atoms with Crippen LogP contribution in [0.15, 0.2) is 60.8 Å². The molecule has 0 saturated heterocycles. The van der Waals surface area contributed by atoms with Gasteiger partial charge >= 0.3 is 0 Å². The maximum absolute atomic E-state index is 12.7. The summed E-state index contributed by atoms with van der Waals surface area (Å²) >= 11 is 0. The van der Waals surface area contributed by atoms with E-state index >= 15 is 0 Å². The van der Waals surface area contributed by atoms with Crippen LogP contribution in [0, 0.1) is 11.8 Å². The maximum atomic E-state index is 12.7. The van der Waals surface area contributed by atoms with Gasteiger partial charge in [-0.3, -0.25) is 9.59 Å². The number of nitrogens with two attached hydrogens (primary N) is 1. The summed E-state index contributed by atoms with van der Waals surface area (Å²) in [6.45, 7) is 4.87. The van der Waals surface area contributed by atoms with Crippen LogP contribution in [0.1, 0.15) is 58.1 Å². The number of nitrogens with one attached hydrogen (secondary N) is 2. The van der Waals surface area contributed by atoms with Gasteiger partial charge in [-0.15, -0.1) is 0 Å². The van der Waals surface area contributed by atoms with Crippen molar-refractivity contribution in [3.63, 3.8) is 0 Å². The molecule has 0 atom stereocenters. The first-order chi connectivity index (χ1) is 18.8. The normalized spacial score (nSPS) is 12.4. The van der Waals surface area contributed by atoms with Gasteiger partial charge in [0.25, 0.3) is 5.91 Å². The van der Waals surface area contributed by atoms with E-state index in [0.29, 0.717) is 29.3 Å². The van der Waals surface area contributed by atoms with E-state index in [2.05, 4.69) is 46.3 Å². The minimum absolute atomic E-state index is 0.0941. The first kappa shape index (κ1) is 25.7. The average Bonchev–Trinajstić information content (AvgIpc) is 3.26. The largest absolute Gasteiger partial charge is 0.368 e. The van der Waals surface area contributed by atoms with E-state index in [-0.39, 0.29) is 24.2 Å². The highest BCUT2D eigenvalue weighted by Gasteiger charge is 2.24. The van der Waals surface area contributed by atoms with E-state index in [4.69, 9.17) is 5.73 Å². The number of hydrogen-bond acceptors (Lipinski definition) is 5. The molecule has 196 valence electrons. The molecule has 4 N–H and O–H groups in total. The lowest BCUT2D eigenvalue weighted by molar-refractivity contribution is -0.115. The highest BCUT2D eigenvalue weighted by Crippen LogP contribution is 2.28. The van der Waals surface area contributed by atoms with Crippen molar-refractivity contribution >= 4 is 23.5 Å². The van der Waals surface area contributed by atoms with E-state index in [1.807, 2.05) is 66.2 Å². The Morgan fingerprint density at radius 3 is 2.69 bits per heavy atom. The minimum Gasteiger partial charge on any atom is -0.368 e. The number of hydrogen-bond donors (Lipinski definition) is 3. The van der Waals surface area contributed by atoms with Crippen LogP contribution in [0.3, 0.4) is 0 Å². The number of carbonyl (C=O) groups excluding carboxylic acids is 2. The molecule has 0 unspecified atom stereocenters. The van der Waals surface area contributed by atoms with Crippen LogP contribution >= 0.6 is 0 Å². The zero-order chi connectivity index (χ0) is 27.5. The molecule has 2 aromatic carbocycles. The van der Waals surface area contributed by atoms with Crippen molar-refractivity contribution < 1.29 is 9.59 Å². The molecule has 2 amide bonds. The summed E-state index contributed by atoms with van der Waals surface area (Å²) in [5.41, 5.74) is 13.0. The van der Waals surface area contributed by atoms with Gasteiger partial charge < -0.3 is 20.9 Å². The number of benzene rings is 2. The maximum Gasteiger partial charge on any atom is 0.253 e. The predicted molar refractivity (Wildman–Crippen MR) is 152 cm³/mol. The summed E-state index contributed by atoms with van der Waals surface area (Å²) in [4.78, 5) is 33.6. The number of nitrogen functional groups attached to an aromatic ring is 1. The second kappa shape index (κ2) is 10.8. The molecule has 8 nitrogen and oxygen atoms in total. The van der Waals surface area contributed by atoms with E-state index in [1.165, 1.54) is 5.56 Å². The SMILES string of the molecule is CC(C)c1ccc(NC(=O)Cc2cccc(C#Cc3cnc(N)nc3-c3cc4c(n3C)CCNC4=O)c2)cc1. The molecule has 39 heavy (non-hydrogen) atoms. The van der Waals surface area contributed by atoms with E-state index in [1.54, 1.807) is 6.20 Å². The number of carbonyl (C=O) groups is 2. The van der Waals surface area contributed by atoms with Gasteiger partial charge in [0.1, 0.15) is 5.69 Å². The third-order valence-electron chi connectivity index (χ3n) is 6.79. The Kier molecular flexibility index (Phi) is 7.15. The first-order valence-electron chi connectivity index (χ1n) is 12.9. The lowest BCUT2D eigenvalue weighted by atomic mass is 10.0. The number of fused-ring (bicyclic) bond motifs is 1. The molecular formula is C31H30N6O2. The lowest BCUT2D eigenvalue weighted by Crippen LogP contribution is -2.31. The third-order valence-corrected chi connectivity index (χ3v) is 6.79. The van der Waals surface area contributed by atoms with Crippen LogP contribution < -0.4 is 16.4 Å². The number of rotatable bonds is 5. The Morgan fingerprint density at radius 2 is 1.95 bits per heavy atom. The van der Waals surface area contributed by atoms with E-state index < -0.39 is 0 Å². The molecule has 0 saturated carbocycles. The van der Waals surface area contributed by atoms with Crippen LogP contribution in [-0.4, -0.2) is 32.9 Å². The highest BCUT2D eigenvalue weighted by atomic mass is 16.2. The van der Waals surface area contributed by atoms with Crippen molar-refractivity contribution in [3.05, 3.63) is 94.3 Å². The van der Waals surface area contributed by atoms with Crippen LogP contribution in [0.25, 0.3) is 11.4 Å². The predicted octanol–water partition coefficient (Wildman–Crippen LogP) is 4.05. The summed E-state index contributed by atoms with van der Waals surface area (Å²) in [7, 11) is 1.91. The second-order valence-corrected chi connectivity index (χ2v) is 9.90. The third kappa shape index (κ3) is 5.68. The van der Waals surface area contributed by atoms with Gasteiger partial charge in [0.05, 0.1) is 23.2 Å². The van der Waals surface area contributed by atoms with Crippen LogP contribution in [-0.2, 0) is 24.7 Å². The summed E-state index contributed by atoms with van der Waals surface area (Å²) in [6, 6.07) is 17.3. The molecule has 0 fully saturated rings. The fourth-order valence-corrected chi connectivity index (χ4v) is 4.68. The first-order valence-corrected chi connectivity index (χ1v) is 12.9. The molecule has 1 aliphatic rings. The molecule has 4 aromatic rings. The summed E-state index contributed by atoms with van der Waals surface area (Å²) in [5.74, 6) is 6.71. The Labute approximate surface area is 227 Å². The van der Waals surface area contributed by atoms with Gasteiger partial charge in [-0.1, -0.05) is 50.0 Å². The zero-order valence-corrected chi connectivity index (χ0v) is 22.2. The average molecular weight is 519 g/mol. The van der Waals surface area contributed by atoms with Crippen molar-refractivity contribution in [2.24, 2.45) is 7.05 Å². The summed E-state index contributed by atoms with van der Waals surface area (Å²) in [5, 5.41) is 5.83. The molecule has 0 bridgehead atoms. The minimum atomic E-state index is -0.0961. The highest BCUT2D eigenvalue weighted by molar-refractivity contribution is 5.98. The number of aromatic nitrogens is 3. The molecule has 5 rings (SSSR count). The van der Waals surface area contributed by atoms with Gasteiger partial charge in [0.15, 0.2) is 0 Å². The molecule has 1 aliphatic heterocycles. The molecule has 2 aromatic heterocycles. The monoisotopic (exact) mass is 518 g/mol. The molecule has 0 radical (unpaired) electrons. The quantitative estimate of drug-likeness (QED) is 0.345. The van der Waals surface area contributed by atoms with Gasteiger partial charge in [0.2, 0.25) is 11.9 Å². The molecule has 8 heteroatoms. The Hall–Kier alpha value is -4.90. The van der Waals surface area contributed by atoms with Crippen molar-refractivity contribution in [2.75, 3.05) is 17.6 Å². The number of anilines is 2. The van der Waals surface area contributed by atoms with Crippen molar-refractivity contribution in [3.8, 4) is 23.2 Å². The van der Waals surface area contributed by atoms with Gasteiger partial charge in [-0.25, -0.2) is 9.97 Å². The zero-order valence-electron chi connectivity index (χ0n) is 22.2. The fraction of sp³-hybridized carbons (Fsp3) is 0.226. The van der Waals surface area contributed by atoms with E-state index in [0.717, 1.165) is 34.6 Å². The van der Waals surface area contributed by atoms with Crippen LogP contribution in [0.2, 0.25) is 0 Å².